The Morgan fingerprint density at radius 3 is 3.15 bits per heavy atom. The zero-order valence-electron chi connectivity index (χ0n) is 8.11. The molecule has 1 aliphatic heterocycles. The molecule has 0 aromatic heterocycles. The Labute approximate surface area is 79.7 Å². The van der Waals surface area contributed by atoms with Gasteiger partial charge in [-0.3, -0.25) is 4.90 Å². The van der Waals surface area contributed by atoms with Gasteiger partial charge >= 0.3 is 0 Å². The number of rotatable bonds is 2. The highest BCUT2D eigenvalue weighted by Gasteiger charge is 2.33. The maximum absolute atomic E-state index is 8.95. The average molecular weight is 185 g/mol. The first kappa shape index (κ1) is 9.44. The summed E-state index contributed by atoms with van der Waals surface area (Å²) in [6.07, 6.45) is 3.95. The molecule has 13 heavy (non-hydrogen) atoms. The van der Waals surface area contributed by atoms with Gasteiger partial charge in [-0.25, -0.2) is 0 Å². The van der Waals surface area contributed by atoms with Crippen molar-refractivity contribution in [3.63, 3.8) is 0 Å². The Morgan fingerprint density at radius 2 is 2.31 bits per heavy atom. The predicted molar refractivity (Wildman–Crippen MR) is 50.6 cm³/mol. The number of hydrogen-bond donors (Lipinski definition) is 1. The Kier molecular flexibility index (Phi) is 3.19. The molecular weight excluding hydrogens is 166 g/mol. The summed E-state index contributed by atoms with van der Waals surface area (Å²) in [6, 6.07) is 0.689. The zero-order valence-corrected chi connectivity index (χ0v) is 8.11. The molecule has 0 unspecified atom stereocenters. The fourth-order valence-electron chi connectivity index (χ4n) is 2.68. The molecule has 1 aliphatic carbocycles. The van der Waals surface area contributed by atoms with Gasteiger partial charge in [0.1, 0.15) is 0 Å². The summed E-state index contributed by atoms with van der Waals surface area (Å²) in [5.74, 6) is 0.731. The lowest BCUT2D eigenvalue weighted by molar-refractivity contribution is 0.120. The molecule has 2 rings (SSSR count). The summed E-state index contributed by atoms with van der Waals surface area (Å²) in [5.41, 5.74) is 0. The van der Waals surface area contributed by atoms with Crippen molar-refractivity contribution in [2.24, 2.45) is 5.92 Å². The van der Waals surface area contributed by atoms with Gasteiger partial charge < -0.3 is 9.84 Å². The van der Waals surface area contributed by atoms with Crippen molar-refractivity contribution in [2.45, 2.75) is 25.3 Å². The molecule has 76 valence electrons. The first-order valence-electron chi connectivity index (χ1n) is 5.34. The van der Waals surface area contributed by atoms with Crippen molar-refractivity contribution in [2.75, 3.05) is 32.9 Å². The molecule has 0 radical (unpaired) electrons. The van der Waals surface area contributed by atoms with E-state index >= 15 is 0 Å². The van der Waals surface area contributed by atoms with Crippen molar-refractivity contribution in [1.29, 1.82) is 0 Å². The lowest BCUT2D eigenvalue weighted by Crippen LogP contribution is -2.39. The van der Waals surface area contributed by atoms with Gasteiger partial charge in [-0.15, -0.1) is 0 Å². The molecular formula is C10H19NO2. The minimum Gasteiger partial charge on any atom is -0.395 e. The summed E-state index contributed by atoms with van der Waals surface area (Å²) < 4.78 is 5.56. The Bertz CT molecular complexity index is 163. The normalized spacial score (nSPS) is 35.8. The molecule has 3 nitrogen and oxygen atoms in total. The molecule has 0 bridgehead atoms. The van der Waals surface area contributed by atoms with Crippen LogP contribution in [-0.4, -0.2) is 49.0 Å². The quantitative estimate of drug-likeness (QED) is 0.679. The summed E-state index contributed by atoms with van der Waals surface area (Å²) in [6.45, 7) is 3.88. The third-order valence-electron chi connectivity index (χ3n) is 3.33. The van der Waals surface area contributed by atoms with E-state index in [1.54, 1.807) is 0 Å². The monoisotopic (exact) mass is 185 g/mol. The Balaban J connectivity index is 1.98. The second-order valence-corrected chi connectivity index (χ2v) is 4.09. The first-order chi connectivity index (χ1) is 6.42. The van der Waals surface area contributed by atoms with Crippen LogP contribution in [0.15, 0.2) is 0 Å². The molecule has 0 amide bonds. The van der Waals surface area contributed by atoms with Gasteiger partial charge in [0.05, 0.1) is 19.8 Å². The van der Waals surface area contributed by atoms with E-state index in [4.69, 9.17) is 9.84 Å². The van der Waals surface area contributed by atoms with Crippen molar-refractivity contribution in [3.05, 3.63) is 0 Å². The standard InChI is InChI=1S/C10H19NO2/c12-6-4-11-5-7-13-8-9-2-1-3-10(9)11/h9-10,12H,1-8H2/t9-,10+/m0/s1. The van der Waals surface area contributed by atoms with E-state index in [9.17, 15) is 0 Å². The van der Waals surface area contributed by atoms with E-state index in [2.05, 4.69) is 4.90 Å². The number of ether oxygens (including phenoxy) is 1. The van der Waals surface area contributed by atoms with Crippen LogP contribution in [0.25, 0.3) is 0 Å². The van der Waals surface area contributed by atoms with Crippen LogP contribution in [0.5, 0.6) is 0 Å². The van der Waals surface area contributed by atoms with Crippen LogP contribution in [0.1, 0.15) is 19.3 Å². The van der Waals surface area contributed by atoms with Crippen LogP contribution in [0.4, 0.5) is 0 Å². The molecule has 3 heteroatoms. The number of hydrogen-bond acceptors (Lipinski definition) is 3. The smallest absolute Gasteiger partial charge is 0.0593 e. The molecule has 1 saturated carbocycles. The van der Waals surface area contributed by atoms with Gasteiger partial charge in [-0.2, -0.15) is 0 Å². The minimum absolute atomic E-state index is 0.281. The predicted octanol–water partition coefficient (Wildman–Crippen LogP) is 0.480. The SMILES string of the molecule is OCCN1CCOC[C@@H]2CCC[C@H]21. The molecule has 2 aliphatic rings. The van der Waals surface area contributed by atoms with Gasteiger partial charge in [-0.1, -0.05) is 6.42 Å². The Morgan fingerprint density at radius 1 is 1.38 bits per heavy atom. The van der Waals surface area contributed by atoms with E-state index in [1.165, 1.54) is 19.3 Å². The minimum atomic E-state index is 0.281. The summed E-state index contributed by atoms with van der Waals surface area (Å²) in [7, 11) is 0. The Hall–Kier alpha value is -0.120. The van der Waals surface area contributed by atoms with Crippen LogP contribution in [-0.2, 0) is 4.74 Å². The fraction of sp³-hybridized carbons (Fsp3) is 1.00. The molecule has 1 saturated heterocycles. The summed E-state index contributed by atoms with van der Waals surface area (Å²) >= 11 is 0. The van der Waals surface area contributed by atoms with E-state index in [-0.39, 0.29) is 6.61 Å². The molecule has 2 atom stereocenters. The molecule has 2 fully saturated rings. The maximum Gasteiger partial charge on any atom is 0.0593 e. The van der Waals surface area contributed by atoms with Gasteiger partial charge in [-0.05, 0) is 18.8 Å². The van der Waals surface area contributed by atoms with E-state index in [0.717, 1.165) is 32.2 Å². The molecule has 0 aromatic carbocycles. The first-order valence-corrected chi connectivity index (χ1v) is 5.34. The van der Waals surface area contributed by atoms with Gasteiger partial charge in [0.25, 0.3) is 0 Å². The molecule has 0 aromatic rings. The van der Waals surface area contributed by atoms with Crippen molar-refractivity contribution in [3.8, 4) is 0 Å². The number of nitrogens with zero attached hydrogens (tertiary/aromatic N) is 1. The lowest BCUT2D eigenvalue weighted by Gasteiger charge is -2.28. The van der Waals surface area contributed by atoms with Crippen LogP contribution in [0, 0.1) is 5.92 Å². The molecule has 1 heterocycles. The van der Waals surface area contributed by atoms with Crippen LogP contribution in [0.2, 0.25) is 0 Å². The zero-order chi connectivity index (χ0) is 9.10. The van der Waals surface area contributed by atoms with Crippen molar-refractivity contribution < 1.29 is 9.84 Å². The topological polar surface area (TPSA) is 32.7 Å². The van der Waals surface area contributed by atoms with Crippen LogP contribution < -0.4 is 0 Å². The van der Waals surface area contributed by atoms with Crippen LogP contribution in [0.3, 0.4) is 0 Å². The molecule has 0 spiro atoms. The summed E-state index contributed by atoms with van der Waals surface area (Å²) in [4.78, 5) is 2.41. The van der Waals surface area contributed by atoms with E-state index in [0.29, 0.717) is 6.04 Å². The number of aliphatic hydroxyl groups excluding tert-OH is 1. The van der Waals surface area contributed by atoms with Gasteiger partial charge in [0.15, 0.2) is 0 Å². The highest BCUT2D eigenvalue weighted by molar-refractivity contribution is 4.86. The maximum atomic E-state index is 8.95. The van der Waals surface area contributed by atoms with Crippen molar-refractivity contribution in [1.82, 2.24) is 4.90 Å². The number of β-amino-alcohol motifs (C(OH)–C–C–N with tert-alkyl or cyclic N) is 1. The third-order valence-corrected chi connectivity index (χ3v) is 3.33. The van der Waals surface area contributed by atoms with Gasteiger partial charge in [0, 0.05) is 19.1 Å². The lowest BCUT2D eigenvalue weighted by atomic mass is 10.0. The summed E-state index contributed by atoms with van der Waals surface area (Å²) in [5, 5.41) is 8.95. The van der Waals surface area contributed by atoms with Crippen LogP contribution >= 0.6 is 0 Å². The van der Waals surface area contributed by atoms with Gasteiger partial charge in [0.2, 0.25) is 0 Å². The largest absolute Gasteiger partial charge is 0.395 e. The average Bonchev–Trinajstić information content (AvgIpc) is 2.52. The molecule has 1 N–H and O–H groups in total. The van der Waals surface area contributed by atoms with E-state index in [1.807, 2.05) is 0 Å². The van der Waals surface area contributed by atoms with Crippen molar-refractivity contribution >= 4 is 0 Å². The second-order valence-electron chi connectivity index (χ2n) is 4.09. The highest BCUT2D eigenvalue weighted by atomic mass is 16.5. The highest BCUT2D eigenvalue weighted by Crippen LogP contribution is 2.31. The number of fused-ring (bicyclic) bond motifs is 1. The fourth-order valence-corrected chi connectivity index (χ4v) is 2.68. The third kappa shape index (κ3) is 2.03. The van der Waals surface area contributed by atoms with E-state index < -0.39 is 0 Å². The number of aliphatic hydroxyl groups is 1. The second kappa shape index (κ2) is 4.40.